The molecule has 1 N–H and O–H groups in total. The van der Waals surface area contributed by atoms with Crippen LogP contribution < -0.4 is 14.8 Å². The highest BCUT2D eigenvalue weighted by Gasteiger charge is 2.27. The Kier molecular flexibility index (Phi) is 3.33. The van der Waals surface area contributed by atoms with Gasteiger partial charge in [0.05, 0.1) is 6.04 Å². The molecule has 2 aromatic rings. The van der Waals surface area contributed by atoms with Gasteiger partial charge in [0.25, 0.3) is 0 Å². The summed E-state index contributed by atoms with van der Waals surface area (Å²) in [5.74, 6) is 1.38. The van der Waals surface area contributed by atoms with Crippen LogP contribution in [0.1, 0.15) is 24.1 Å². The van der Waals surface area contributed by atoms with Crippen molar-refractivity contribution in [3.05, 3.63) is 53.6 Å². The second-order valence-corrected chi connectivity index (χ2v) is 5.82. The molecule has 2 amide bonds. The Morgan fingerprint density at radius 2 is 2.00 bits per heavy atom. The first kappa shape index (κ1) is 13.9. The number of amides is 2. The van der Waals surface area contributed by atoms with Crippen LogP contribution in [0.3, 0.4) is 0 Å². The van der Waals surface area contributed by atoms with Crippen LogP contribution in [0.4, 0.5) is 10.5 Å². The van der Waals surface area contributed by atoms with Gasteiger partial charge in [-0.3, -0.25) is 0 Å². The number of fused-ring (bicyclic) bond motifs is 2. The van der Waals surface area contributed by atoms with Gasteiger partial charge in [0.15, 0.2) is 11.5 Å². The summed E-state index contributed by atoms with van der Waals surface area (Å²) in [5.41, 5.74) is 3.26. The number of benzene rings is 2. The van der Waals surface area contributed by atoms with Crippen LogP contribution in [0.25, 0.3) is 0 Å². The molecular weight excluding hydrogens is 292 g/mol. The fourth-order valence-electron chi connectivity index (χ4n) is 3.22. The van der Waals surface area contributed by atoms with Crippen LogP contribution in [0.5, 0.6) is 11.5 Å². The standard InChI is InChI=1S/C18H18N2O3/c1-12-15-5-3-2-4-13(15)8-9-20(12)18(21)19-14-6-7-16-17(10-14)23-11-22-16/h2-7,10,12H,8-9,11H2,1H3,(H,19,21). The van der Waals surface area contributed by atoms with E-state index in [0.29, 0.717) is 23.7 Å². The Labute approximate surface area is 134 Å². The molecule has 0 spiro atoms. The summed E-state index contributed by atoms with van der Waals surface area (Å²) in [6.45, 7) is 3.01. The van der Waals surface area contributed by atoms with Crippen molar-refractivity contribution in [2.45, 2.75) is 19.4 Å². The number of hydrogen-bond acceptors (Lipinski definition) is 3. The third-order valence-corrected chi connectivity index (χ3v) is 4.48. The van der Waals surface area contributed by atoms with Crippen LogP contribution in [0.15, 0.2) is 42.5 Å². The molecular formula is C18H18N2O3. The molecule has 2 heterocycles. The predicted molar refractivity (Wildman–Crippen MR) is 86.9 cm³/mol. The summed E-state index contributed by atoms with van der Waals surface area (Å²) >= 11 is 0. The molecule has 23 heavy (non-hydrogen) atoms. The monoisotopic (exact) mass is 310 g/mol. The topological polar surface area (TPSA) is 50.8 Å². The van der Waals surface area contributed by atoms with E-state index in [2.05, 4.69) is 24.4 Å². The van der Waals surface area contributed by atoms with Crippen molar-refractivity contribution in [1.82, 2.24) is 4.90 Å². The van der Waals surface area contributed by atoms with Crippen molar-refractivity contribution in [3.63, 3.8) is 0 Å². The zero-order valence-electron chi connectivity index (χ0n) is 12.9. The maximum atomic E-state index is 12.6. The van der Waals surface area contributed by atoms with Gasteiger partial charge in [-0.15, -0.1) is 0 Å². The molecule has 2 aliphatic heterocycles. The molecule has 5 heteroatoms. The third kappa shape index (κ3) is 2.48. The molecule has 0 bridgehead atoms. The van der Waals surface area contributed by atoms with Crippen molar-refractivity contribution in [2.75, 3.05) is 18.7 Å². The number of carbonyl (C=O) groups excluding carboxylic acids is 1. The van der Waals surface area contributed by atoms with Gasteiger partial charge >= 0.3 is 6.03 Å². The summed E-state index contributed by atoms with van der Waals surface area (Å²) in [7, 11) is 0. The van der Waals surface area contributed by atoms with Gasteiger partial charge in [0.1, 0.15) is 0 Å². The van der Waals surface area contributed by atoms with Crippen LogP contribution >= 0.6 is 0 Å². The minimum absolute atomic E-state index is 0.0639. The van der Waals surface area contributed by atoms with Crippen LogP contribution in [-0.4, -0.2) is 24.3 Å². The van der Waals surface area contributed by atoms with Gasteiger partial charge in [-0.1, -0.05) is 24.3 Å². The van der Waals surface area contributed by atoms with Gasteiger partial charge in [0, 0.05) is 18.3 Å². The average molecular weight is 310 g/mol. The lowest BCUT2D eigenvalue weighted by Crippen LogP contribution is -2.41. The van der Waals surface area contributed by atoms with Gasteiger partial charge < -0.3 is 19.7 Å². The number of hydrogen-bond donors (Lipinski definition) is 1. The Morgan fingerprint density at radius 3 is 2.91 bits per heavy atom. The lowest BCUT2D eigenvalue weighted by atomic mass is 9.94. The molecule has 1 atom stereocenters. The van der Waals surface area contributed by atoms with Gasteiger partial charge in [-0.25, -0.2) is 4.79 Å². The largest absolute Gasteiger partial charge is 0.454 e. The SMILES string of the molecule is CC1c2ccccc2CCN1C(=O)Nc1ccc2c(c1)OCO2. The van der Waals surface area contributed by atoms with E-state index in [9.17, 15) is 4.79 Å². The summed E-state index contributed by atoms with van der Waals surface area (Å²) in [6.07, 6.45) is 0.884. The maximum Gasteiger partial charge on any atom is 0.322 e. The lowest BCUT2D eigenvalue weighted by molar-refractivity contribution is 0.174. The number of nitrogens with zero attached hydrogens (tertiary/aromatic N) is 1. The van der Waals surface area contributed by atoms with E-state index in [1.54, 1.807) is 6.07 Å². The molecule has 0 aromatic heterocycles. The fraction of sp³-hybridized carbons (Fsp3) is 0.278. The number of urea groups is 1. The quantitative estimate of drug-likeness (QED) is 0.876. The Bertz CT molecular complexity index is 760. The van der Waals surface area contributed by atoms with E-state index in [-0.39, 0.29) is 18.9 Å². The van der Waals surface area contributed by atoms with Crippen molar-refractivity contribution in [3.8, 4) is 11.5 Å². The normalized spacial score (nSPS) is 18.5. The molecule has 1 unspecified atom stereocenters. The molecule has 4 rings (SSSR count). The van der Waals surface area contributed by atoms with E-state index in [4.69, 9.17) is 9.47 Å². The zero-order chi connectivity index (χ0) is 15.8. The van der Waals surface area contributed by atoms with Crippen molar-refractivity contribution >= 4 is 11.7 Å². The predicted octanol–water partition coefficient (Wildman–Crippen LogP) is 3.57. The number of anilines is 1. The Hall–Kier alpha value is -2.69. The van der Waals surface area contributed by atoms with Crippen LogP contribution in [-0.2, 0) is 6.42 Å². The van der Waals surface area contributed by atoms with E-state index < -0.39 is 0 Å². The molecule has 0 radical (unpaired) electrons. The average Bonchev–Trinajstić information content (AvgIpc) is 3.03. The second-order valence-electron chi connectivity index (χ2n) is 5.82. The zero-order valence-corrected chi connectivity index (χ0v) is 12.9. The number of nitrogens with one attached hydrogen (secondary N) is 1. The van der Waals surface area contributed by atoms with Gasteiger partial charge in [0.2, 0.25) is 6.79 Å². The number of rotatable bonds is 1. The van der Waals surface area contributed by atoms with E-state index in [1.807, 2.05) is 29.2 Å². The van der Waals surface area contributed by atoms with Crippen molar-refractivity contribution in [1.29, 1.82) is 0 Å². The first-order valence-corrected chi connectivity index (χ1v) is 7.77. The Balaban J connectivity index is 1.52. The highest BCUT2D eigenvalue weighted by atomic mass is 16.7. The van der Waals surface area contributed by atoms with Gasteiger partial charge in [-0.05, 0) is 36.6 Å². The molecule has 2 aromatic carbocycles. The Morgan fingerprint density at radius 1 is 1.17 bits per heavy atom. The maximum absolute atomic E-state index is 12.6. The molecule has 2 aliphatic rings. The number of carbonyl (C=O) groups is 1. The third-order valence-electron chi connectivity index (χ3n) is 4.48. The van der Waals surface area contributed by atoms with E-state index in [0.717, 1.165) is 6.42 Å². The van der Waals surface area contributed by atoms with E-state index in [1.165, 1.54) is 11.1 Å². The molecule has 0 saturated carbocycles. The van der Waals surface area contributed by atoms with Crippen molar-refractivity contribution < 1.29 is 14.3 Å². The summed E-state index contributed by atoms with van der Waals surface area (Å²) in [4.78, 5) is 14.5. The lowest BCUT2D eigenvalue weighted by Gasteiger charge is -2.35. The molecule has 118 valence electrons. The van der Waals surface area contributed by atoms with E-state index >= 15 is 0 Å². The van der Waals surface area contributed by atoms with Gasteiger partial charge in [-0.2, -0.15) is 0 Å². The minimum atomic E-state index is -0.0918. The molecule has 0 fully saturated rings. The second kappa shape index (κ2) is 5.50. The molecule has 5 nitrogen and oxygen atoms in total. The summed E-state index contributed by atoms with van der Waals surface area (Å²) in [5, 5.41) is 2.95. The first-order chi connectivity index (χ1) is 11.2. The minimum Gasteiger partial charge on any atom is -0.454 e. The first-order valence-electron chi connectivity index (χ1n) is 7.77. The summed E-state index contributed by atoms with van der Waals surface area (Å²) < 4.78 is 10.6. The molecule has 0 saturated heterocycles. The van der Waals surface area contributed by atoms with Crippen LogP contribution in [0, 0.1) is 0 Å². The molecule has 0 aliphatic carbocycles. The summed E-state index contributed by atoms with van der Waals surface area (Å²) in [6, 6.07) is 13.7. The fourth-order valence-corrected chi connectivity index (χ4v) is 3.22. The van der Waals surface area contributed by atoms with Crippen LogP contribution in [0.2, 0.25) is 0 Å². The highest BCUT2D eigenvalue weighted by Crippen LogP contribution is 2.35. The smallest absolute Gasteiger partial charge is 0.322 e. The number of ether oxygens (including phenoxy) is 2. The van der Waals surface area contributed by atoms with Crippen molar-refractivity contribution in [2.24, 2.45) is 0 Å². The highest BCUT2D eigenvalue weighted by molar-refractivity contribution is 5.90.